The molecular formula is C14H18N2. The van der Waals surface area contributed by atoms with Gasteiger partial charge in [0.05, 0.1) is 0 Å². The summed E-state index contributed by atoms with van der Waals surface area (Å²) in [5.74, 6) is 0. The Kier molecular flexibility index (Phi) is 3.78. The molecule has 84 valence electrons. The fraction of sp³-hybridized carbons (Fsp3) is 0.286. The molecule has 0 unspecified atom stereocenters. The molecule has 0 aliphatic carbocycles. The molecule has 2 nitrogen and oxygen atoms in total. The number of nitrogens with one attached hydrogen (secondary N) is 1. The van der Waals surface area contributed by atoms with E-state index in [1.165, 1.54) is 31.3 Å². The molecule has 2 heteroatoms. The Balaban J connectivity index is 0.000000162. The van der Waals surface area contributed by atoms with Crippen molar-refractivity contribution >= 4 is 16.5 Å². The van der Waals surface area contributed by atoms with Crippen LogP contribution in [0.5, 0.6) is 0 Å². The minimum absolute atomic E-state index is 0.850. The number of nitrogens with two attached hydrogens (primary N) is 1. The van der Waals surface area contributed by atoms with E-state index in [1.54, 1.807) is 0 Å². The fourth-order valence-corrected chi connectivity index (χ4v) is 1.88. The minimum atomic E-state index is 0.850. The van der Waals surface area contributed by atoms with Gasteiger partial charge in [-0.05, 0) is 37.4 Å². The van der Waals surface area contributed by atoms with Gasteiger partial charge in [0.1, 0.15) is 0 Å². The van der Waals surface area contributed by atoms with Crippen LogP contribution in [0.15, 0.2) is 42.5 Å². The van der Waals surface area contributed by atoms with Crippen LogP contribution >= 0.6 is 0 Å². The summed E-state index contributed by atoms with van der Waals surface area (Å²) in [6.45, 7) is 2.50. The number of nitrogen functional groups attached to an aromatic ring is 1. The number of benzene rings is 2. The van der Waals surface area contributed by atoms with E-state index in [2.05, 4.69) is 17.4 Å². The minimum Gasteiger partial charge on any atom is -0.398 e. The summed E-state index contributed by atoms with van der Waals surface area (Å²) in [6.07, 6.45) is 2.78. The van der Waals surface area contributed by atoms with Crippen molar-refractivity contribution in [2.45, 2.75) is 12.8 Å². The van der Waals surface area contributed by atoms with Gasteiger partial charge >= 0.3 is 0 Å². The maximum Gasteiger partial charge on any atom is 0.0393 e. The molecule has 0 bridgehead atoms. The van der Waals surface area contributed by atoms with E-state index in [9.17, 15) is 0 Å². The van der Waals surface area contributed by atoms with Crippen molar-refractivity contribution in [2.75, 3.05) is 18.8 Å². The third-order valence-corrected chi connectivity index (χ3v) is 2.78. The zero-order valence-corrected chi connectivity index (χ0v) is 9.45. The second-order valence-electron chi connectivity index (χ2n) is 4.03. The van der Waals surface area contributed by atoms with Crippen molar-refractivity contribution in [1.82, 2.24) is 5.32 Å². The van der Waals surface area contributed by atoms with Gasteiger partial charge in [0, 0.05) is 11.1 Å². The predicted molar refractivity (Wildman–Crippen MR) is 70.5 cm³/mol. The Hall–Kier alpha value is -1.54. The number of rotatable bonds is 0. The second-order valence-corrected chi connectivity index (χ2v) is 4.03. The van der Waals surface area contributed by atoms with Crippen LogP contribution in [0.4, 0.5) is 5.69 Å². The Labute approximate surface area is 96.5 Å². The number of fused-ring (bicyclic) bond motifs is 1. The maximum atomic E-state index is 5.76. The average Bonchev–Trinajstić information content (AvgIpc) is 2.88. The topological polar surface area (TPSA) is 38.0 Å². The van der Waals surface area contributed by atoms with Crippen molar-refractivity contribution in [3.8, 4) is 0 Å². The lowest BCUT2D eigenvalue weighted by Crippen LogP contribution is -2.03. The quantitative estimate of drug-likeness (QED) is 0.662. The summed E-state index contributed by atoms with van der Waals surface area (Å²) in [7, 11) is 0. The van der Waals surface area contributed by atoms with E-state index in [4.69, 9.17) is 5.73 Å². The van der Waals surface area contributed by atoms with Crippen LogP contribution in [-0.4, -0.2) is 13.1 Å². The van der Waals surface area contributed by atoms with Crippen molar-refractivity contribution in [1.29, 1.82) is 0 Å². The Bertz CT molecular complexity index is 434. The molecule has 1 aliphatic heterocycles. The van der Waals surface area contributed by atoms with E-state index in [0.29, 0.717) is 0 Å². The zero-order valence-electron chi connectivity index (χ0n) is 9.45. The Morgan fingerprint density at radius 2 is 1.56 bits per heavy atom. The van der Waals surface area contributed by atoms with Gasteiger partial charge < -0.3 is 11.1 Å². The molecule has 16 heavy (non-hydrogen) atoms. The van der Waals surface area contributed by atoms with E-state index < -0.39 is 0 Å². The summed E-state index contributed by atoms with van der Waals surface area (Å²) in [4.78, 5) is 0. The van der Waals surface area contributed by atoms with Gasteiger partial charge in [-0.2, -0.15) is 0 Å². The van der Waals surface area contributed by atoms with Gasteiger partial charge in [0.25, 0.3) is 0 Å². The predicted octanol–water partition coefficient (Wildman–Crippen LogP) is 2.79. The highest BCUT2D eigenvalue weighted by atomic mass is 14.9. The number of hydrogen-bond acceptors (Lipinski definition) is 2. The van der Waals surface area contributed by atoms with Crippen LogP contribution in [0.25, 0.3) is 10.8 Å². The summed E-state index contributed by atoms with van der Waals surface area (Å²) >= 11 is 0. The highest BCUT2D eigenvalue weighted by molar-refractivity contribution is 5.92. The molecule has 2 aromatic rings. The molecule has 0 radical (unpaired) electrons. The molecule has 1 saturated heterocycles. The van der Waals surface area contributed by atoms with E-state index >= 15 is 0 Å². The third-order valence-electron chi connectivity index (χ3n) is 2.78. The first-order valence-corrected chi connectivity index (χ1v) is 5.82. The summed E-state index contributed by atoms with van der Waals surface area (Å²) in [6, 6.07) is 14.1. The molecule has 1 fully saturated rings. The van der Waals surface area contributed by atoms with Gasteiger partial charge in [0.2, 0.25) is 0 Å². The van der Waals surface area contributed by atoms with Crippen LogP contribution < -0.4 is 11.1 Å². The molecular weight excluding hydrogens is 196 g/mol. The van der Waals surface area contributed by atoms with Crippen LogP contribution in [0.2, 0.25) is 0 Å². The standard InChI is InChI=1S/C10H9N.C4H9N/c11-10-7-3-5-8-4-1-2-6-9(8)10;1-2-4-5-3-1/h1-7H,11H2;5H,1-4H2. The number of hydrogen-bond donors (Lipinski definition) is 2. The normalized spacial score (nSPS) is 14.5. The molecule has 0 spiro atoms. The van der Waals surface area contributed by atoms with Crippen molar-refractivity contribution in [2.24, 2.45) is 0 Å². The van der Waals surface area contributed by atoms with Crippen LogP contribution in [-0.2, 0) is 0 Å². The Morgan fingerprint density at radius 1 is 0.875 bits per heavy atom. The lowest BCUT2D eigenvalue weighted by atomic mass is 10.1. The zero-order chi connectivity index (χ0) is 11.2. The maximum absolute atomic E-state index is 5.76. The average molecular weight is 214 g/mol. The largest absolute Gasteiger partial charge is 0.398 e. The molecule has 0 amide bonds. The smallest absolute Gasteiger partial charge is 0.0393 e. The van der Waals surface area contributed by atoms with E-state index in [0.717, 1.165) is 11.1 Å². The molecule has 3 rings (SSSR count). The van der Waals surface area contributed by atoms with Crippen molar-refractivity contribution in [3.05, 3.63) is 42.5 Å². The molecule has 3 N–H and O–H groups in total. The highest BCUT2D eigenvalue weighted by Gasteiger charge is 1.93. The SMILES string of the molecule is C1CCNC1.Nc1cccc2ccccc12. The molecule has 2 aromatic carbocycles. The van der Waals surface area contributed by atoms with Crippen molar-refractivity contribution < 1.29 is 0 Å². The lowest BCUT2D eigenvalue weighted by Gasteiger charge is -1.98. The van der Waals surface area contributed by atoms with Gasteiger partial charge in [-0.1, -0.05) is 36.4 Å². The van der Waals surface area contributed by atoms with Gasteiger partial charge in [-0.25, -0.2) is 0 Å². The monoisotopic (exact) mass is 214 g/mol. The summed E-state index contributed by atoms with van der Waals surface area (Å²) < 4.78 is 0. The van der Waals surface area contributed by atoms with Gasteiger partial charge in [0.15, 0.2) is 0 Å². The second kappa shape index (κ2) is 5.52. The molecule has 0 atom stereocenters. The first kappa shape index (κ1) is 11.0. The first-order chi connectivity index (χ1) is 7.88. The van der Waals surface area contributed by atoms with Crippen LogP contribution in [0.1, 0.15) is 12.8 Å². The van der Waals surface area contributed by atoms with E-state index in [-0.39, 0.29) is 0 Å². The van der Waals surface area contributed by atoms with Gasteiger partial charge in [-0.3, -0.25) is 0 Å². The lowest BCUT2D eigenvalue weighted by molar-refractivity contribution is 0.857. The molecule has 1 heterocycles. The van der Waals surface area contributed by atoms with Crippen LogP contribution in [0, 0.1) is 0 Å². The first-order valence-electron chi connectivity index (χ1n) is 5.82. The molecule has 0 saturated carbocycles. The Morgan fingerprint density at radius 3 is 2.19 bits per heavy atom. The number of anilines is 1. The van der Waals surface area contributed by atoms with Gasteiger partial charge in [-0.15, -0.1) is 0 Å². The van der Waals surface area contributed by atoms with Crippen LogP contribution in [0.3, 0.4) is 0 Å². The van der Waals surface area contributed by atoms with Crippen molar-refractivity contribution in [3.63, 3.8) is 0 Å². The summed E-state index contributed by atoms with van der Waals surface area (Å²) in [5.41, 5.74) is 6.61. The summed E-state index contributed by atoms with van der Waals surface area (Å²) in [5, 5.41) is 5.56. The highest BCUT2D eigenvalue weighted by Crippen LogP contribution is 2.19. The van der Waals surface area contributed by atoms with E-state index in [1.807, 2.05) is 30.3 Å². The molecule has 1 aliphatic rings. The molecule has 0 aromatic heterocycles. The fourth-order valence-electron chi connectivity index (χ4n) is 1.88. The third kappa shape index (κ3) is 2.74.